The Hall–Kier alpha value is -0.210. The third-order valence-corrected chi connectivity index (χ3v) is 0.988. The van der Waals surface area contributed by atoms with Crippen LogP contribution in [0.3, 0.4) is 0 Å². The summed E-state index contributed by atoms with van der Waals surface area (Å²) in [5.74, 6) is 4.56. The average Bonchev–Trinajstić information content (AvgIpc) is 1.27. The van der Waals surface area contributed by atoms with Gasteiger partial charge in [-0.15, -0.1) is 8.57 Å². The van der Waals surface area contributed by atoms with Crippen LogP contribution >= 0.6 is 0 Å². The molecule has 1 saturated heterocycles. The number of rotatable bonds is 0. The molecule has 0 saturated carbocycles. The highest BCUT2D eigenvalue weighted by Gasteiger charge is 2.32. The van der Waals surface area contributed by atoms with Gasteiger partial charge in [0.05, 0.1) is 0 Å². The molecule has 0 aromatic carbocycles. The molecule has 0 bridgehead atoms. The molecule has 7 heteroatoms. The second-order valence-corrected chi connectivity index (χ2v) is 1.96. The molecule has 0 aromatic heterocycles. The number of hydrazine groups is 1. The molecule has 6 nitrogen and oxygen atoms in total. The van der Waals surface area contributed by atoms with Crippen LogP contribution in [-0.2, 0) is 19.0 Å². The van der Waals surface area contributed by atoms with Crippen LogP contribution in [0.5, 0.6) is 0 Å². The van der Waals surface area contributed by atoms with E-state index in [0.717, 1.165) is 0 Å². The molecular weight excluding hydrogens is 124 g/mol. The Balaban J connectivity index is 2.61. The van der Waals surface area contributed by atoms with Crippen molar-refractivity contribution in [1.29, 1.82) is 0 Å². The molecule has 0 aromatic rings. The Morgan fingerprint density at radius 3 is 1.86 bits per heavy atom. The first kappa shape index (κ1) is 4.94. The summed E-state index contributed by atoms with van der Waals surface area (Å²) in [6.07, 6.45) is 0. The standard InChI is InChI=1S/H2N2O4S/c1-2-5-7(3,4)6-2/h1H2. The monoisotopic (exact) mass is 126 g/mol. The van der Waals surface area contributed by atoms with Crippen LogP contribution in [0.4, 0.5) is 0 Å². The third-order valence-electron chi connectivity index (χ3n) is 0.329. The smallest absolute Gasteiger partial charge is 0.217 e. The zero-order valence-corrected chi connectivity index (χ0v) is 3.88. The third kappa shape index (κ3) is 0.868. The summed E-state index contributed by atoms with van der Waals surface area (Å²) >= 11 is 0. The largest absolute Gasteiger partial charge is 0.439 e. The molecule has 1 fully saturated rings. The fourth-order valence-electron chi connectivity index (χ4n) is 0.186. The van der Waals surface area contributed by atoms with Crippen LogP contribution in [-0.4, -0.2) is 13.8 Å². The summed E-state index contributed by atoms with van der Waals surface area (Å²) < 4.78 is 26.8. The predicted molar refractivity (Wildman–Crippen MR) is 17.1 cm³/mol. The van der Waals surface area contributed by atoms with Crippen molar-refractivity contribution in [2.24, 2.45) is 5.84 Å². The summed E-state index contributed by atoms with van der Waals surface area (Å²) in [7, 11) is -3.73. The van der Waals surface area contributed by atoms with Gasteiger partial charge >= 0.3 is 10.4 Å². The quantitative estimate of drug-likeness (QED) is 0.389. The molecule has 2 N–H and O–H groups in total. The lowest BCUT2D eigenvalue weighted by Crippen LogP contribution is -2.46. The van der Waals surface area contributed by atoms with Gasteiger partial charge in [-0.2, -0.15) is 8.42 Å². The Bertz CT molecular complexity index is 145. The van der Waals surface area contributed by atoms with E-state index >= 15 is 0 Å². The second-order valence-electron chi connectivity index (χ2n) is 0.843. The van der Waals surface area contributed by atoms with E-state index in [9.17, 15) is 8.42 Å². The first-order valence-corrected chi connectivity index (χ1v) is 2.62. The molecule has 1 heterocycles. The minimum atomic E-state index is -3.73. The molecule has 0 atom stereocenters. The van der Waals surface area contributed by atoms with Gasteiger partial charge in [0.2, 0.25) is 0 Å². The molecular formula is H2N2O4S. The van der Waals surface area contributed by atoms with Crippen molar-refractivity contribution in [3.8, 4) is 0 Å². The normalized spacial score (nSPS) is 29.3. The Labute approximate surface area is 39.6 Å². The molecule has 1 rings (SSSR count). The molecule has 7 heavy (non-hydrogen) atoms. The van der Waals surface area contributed by atoms with Gasteiger partial charge in [0, 0.05) is 5.34 Å². The first-order chi connectivity index (χ1) is 3.10. The van der Waals surface area contributed by atoms with Gasteiger partial charge in [0.1, 0.15) is 0 Å². The fourth-order valence-corrected chi connectivity index (χ4v) is 0.557. The molecule has 0 amide bonds. The van der Waals surface area contributed by atoms with Crippen molar-refractivity contribution in [2.45, 2.75) is 0 Å². The lowest BCUT2D eigenvalue weighted by atomic mass is 12.7. The number of hydrogen-bond acceptors (Lipinski definition) is 6. The van der Waals surface area contributed by atoms with Gasteiger partial charge in [0.25, 0.3) is 0 Å². The minimum absolute atomic E-state index is 0.245. The molecule has 1 aliphatic heterocycles. The van der Waals surface area contributed by atoms with Crippen molar-refractivity contribution in [3.05, 3.63) is 0 Å². The van der Waals surface area contributed by atoms with E-state index in [1.165, 1.54) is 0 Å². The Morgan fingerprint density at radius 2 is 1.86 bits per heavy atom. The summed E-state index contributed by atoms with van der Waals surface area (Å²) in [6, 6.07) is 0. The topological polar surface area (TPSA) is 81.9 Å². The van der Waals surface area contributed by atoms with E-state index in [1.807, 2.05) is 0 Å². The molecule has 1 aliphatic rings. The Kier molecular flexibility index (Phi) is 0.805. The zero-order valence-electron chi connectivity index (χ0n) is 3.07. The Morgan fingerprint density at radius 1 is 1.43 bits per heavy atom. The van der Waals surface area contributed by atoms with Crippen LogP contribution in [0.15, 0.2) is 0 Å². The van der Waals surface area contributed by atoms with Crippen LogP contribution < -0.4 is 5.84 Å². The highest BCUT2D eigenvalue weighted by Crippen LogP contribution is 2.09. The van der Waals surface area contributed by atoms with Gasteiger partial charge in [-0.3, -0.25) is 0 Å². The first-order valence-electron chi connectivity index (χ1n) is 1.29. The van der Waals surface area contributed by atoms with Gasteiger partial charge < -0.3 is 0 Å². The fraction of sp³-hybridized carbons (Fsp3) is 0. The van der Waals surface area contributed by atoms with Crippen molar-refractivity contribution in [2.75, 3.05) is 0 Å². The summed E-state index contributed by atoms with van der Waals surface area (Å²) in [5, 5.41) is 0.245. The van der Waals surface area contributed by atoms with Crippen molar-refractivity contribution in [3.63, 3.8) is 0 Å². The maximum absolute atomic E-state index is 9.73. The van der Waals surface area contributed by atoms with E-state index in [0.29, 0.717) is 0 Å². The van der Waals surface area contributed by atoms with Gasteiger partial charge in [-0.05, 0) is 0 Å². The summed E-state index contributed by atoms with van der Waals surface area (Å²) in [5.41, 5.74) is 0. The predicted octanol–water partition coefficient (Wildman–Crippen LogP) is -1.72. The zero-order chi connectivity index (χ0) is 5.49. The maximum Gasteiger partial charge on any atom is 0.439 e. The summed E-state index contributed by atoms with van der Waals surface area (Å²) in [6.45, 7) is 0. The lowest BCUT2D eigenvalue weighted by Gasteiger charge is -2.19. The van der Waals surface area contributed by atoms with E-state index in [2.05, 4.69) is 14.4 Å². The lowest BCUT2D eigenvalue weighted by molar-refractivity contribution is -0.329. The van der Waals surface area contributed by atoms with Crippen LogP contribution in [0, 0.1) is 0 Å². The number of nitrogens with zero attached hydrogens (tertiary/aromatic N) is 1. The number of hydrogen-bond donors (Lipinski definition) is 1. The van der Waals surface area contributed by atoms with Crippen molar-refractivity contribution >= 4 is 10.4 Å². The molecule has 0 aliphatic carbocycles. The molecule has 0 unspecified atom stereocenters. The highest BCUT2D eigenvalue weighted by molar-refractivity contribution is 7.82. The SMILES string of the molecule is NN1OS(=O)(=O)O1. The van der Waals surface area contributed by atoms with Crippen LogP contribution in [0.2, 0.25) is 0 Å². The average molecular weight is 126 g/mol. The van der Waals surface area contributed by atoms with E-state index in [1.54, 1.807) is 0 Å². The second kappa shape index (κ2) is 1.14. The van der Waals surface area contributed by atoms with Gasteiger partial charge in [0.15, 0.2) is 0 Å². The highest BCUT2D eigenvalue weighted by atomic mass is 32.3. The molecule has 0 radical (unpaired) electrons. The number of nitrogens with two attached hydrogens (primary N) is 1. The van der Waals surface area contributed by atoms with Gasteiger partial charge in [-0.25, -0.2) is 5.84 Å². The van der Waals surface area contributed by atoms with E-state index < -0.39 is 10.4 Å². The minimum Gasteiger partial charge on any atom is -0.217 e. The van der Waals surface area contributed by atoms with E-state index in [4.69, 9.17) is 0 Å². The molecule has 0 spiro atoms. The van der Waals surface area contributed by atoms with E-state index in [-0.39, 0.29) is 5.34 Å². The van der Waals surface area contributed by atoms with Gasteiger partial charge in [-0.1, -0.05) is 0 Å². The van der Waals surface area contributed by atoms with Crippen molar-refractivity contribution < 1.29 is 17.0 Å². The summed E-state index contributed by atoms with van der Waals surface area (Å²) in [4.78, 5) is 0. The maximum atomic E-state index is 9.73. The van der Waals surface area contributed by atoms with Crippen molar-refractivity contribution in [1.82, 2.24) is 5.34 Å². The van der Waals surface area contributed by atoms with Crippen LogP contribution in [0.1, 0.15) is 0 Å². The van der Waals surface area contributed by atoms with Crippen LogP contribution in [0.25, 0.3) is 0 Å². The molecule has 42 valence electrons.